The van der Waals surface area contributed by atoms with Gasteiger partial charge in [0.05, 0.1) is 13.2 Å². The van der Waals surface area contributed by atoms with Gasteiger partial charge in [0.25, 0.3) is 0 Å². The van der Waals surface area contributed by atoms with Crippen LogP contribution in [0, 0.1) is 0 Å². The first-order valence-electron chi connectivity index (χ1n) is 5.99. The summed E-state index contributed by atoms with van der Waals surface area (Å²) >= 11 is 3.09. The summed E-state index contributed by atoms with van der Waals surface area (Å²) in [5.41, 5.74) is 0. The summed E-state index contributed by atoms with van der Waals surface area (Å²) < 4.78 is 37.2. The number of morpholine rings is 1. The highest BCUT2D eigenvalue weighted by Gasteiger charge is 2.35. The Labute approximate surface area is 120 Å². The predicted octanol–water partition coefficient (Wildman–Crippen LogP) is 1.33. The third-order valence-electron chi connectivity index (χ3n) is 3.09. The summed E-state index contributed by atoms with van der Waals surface area (Å²) in [5.74, 6) is 0.215. The van der Waals surface area contributed by atoms with E-state index >= 15 is 0 Å². The van der Waals surface area contributed by atoms with Crippen molar-refractivity contribution in [3.8, 4) is 0 Å². The van der Waals surface area contributed by atoms with E-state index in [-0.39, 0.29) is 28.0 Å². The maximum atomic E-state index is 12.6. The molecular weight excluding hydrogens is 338 g/mol. The fraction of sp³-hybridized carbons (Fsp3) is 0.636. The Bertz CT molecular complexity index is 541. The van der Waals surface area contributed by atoms with Crippen LogP contribution in [0.4, 0.5) is 0 Å². The Morgan fingerprint density at radius 2 is 2.32 bits per heavy atom. The molecule has 2 heterocycles. The minimum absolute atomic E-state index is 0.0527. The van der Waals surface area contributed by atoms with Gasteiger partial charge in [-0.15, -0.1) is 0 Å². The van der Waals surface area contributed by atoms with Crippen molar-refractivity contribution in [3.05, 3.63) is 16.5 Å². The predicted molar refractivity (Wildman–Crippen MR) is 71.1 cm³/mol. The van der Waals surface area contributed by atoms with Crippen LogP contribution in [0.3, 0.4) is 0 Å². The summed E-state index contributed by atoms with van der Waals surface area (Å²) in [6.45, 7) is 2.70. The topological polar surface area (TPSA) is 80.0 Å². The lowest BCUT2D eigenvalue weighted by atomic mass is 10.2. The first kappa shape index (κ1) is 15.0. The standard InChI is InChI=1S/C11H16BrNO5S/c1-2-8-7-17-4-3-13(8)19(15,16)10-5-9(6-14)18-11(10)12/h5,8,14H,2-4,6-7H2,1H3. The van der Waals surface area contributed by atoms with Crippen LogP contribution in [0.1, 0.15) is 19.1 Å². The first-order chi connectivity index (χ1) is 9.00. The van der Waals surface area contributed by atoms with Crippen molar-refractivity contribution in [2.24, 2.45) is 0 Å². The van der Waals surface area contributed by atoms with Crippen LogP contribution in [0.25, 0.3) is 0 Å². The highest BCUT2D eigenvalue weighted by molar-refractivity contribution is 9.10. The van der Waals surface area contributed by atoms with Gasteiger partial charge >= 0.3 is 0 Å². The normalized spacial score (nSPS) is 21.7. The van der Waals surface area contributed by atoms with Crippen LogP contribution in [0.2, 0.25) is 0 Å². The van der Waals surface area contributed by atoms with Crippen LogP contribution >= 0.6 is 15.9 Å². The summed E-state index contributed by atoms with van der Waals surface area (Å²) in [4.78, 5) is 0.0527. The van der Waals surface area contributed by atoms with Crippen molar-refractivity contribution in [1.29, 1.82) is 0 Å². The molecule has 0 aromatic carbocycles. The van der Waals surface area contributed by atoms with Crippen molar-refractivity contribution < 1.29 is 22.7 Å². The molecule has 2 rings (SSSR count). The van der Waals surface area contributed by atoms with E-state index in [2.05, 4.69) is 15.9 Å². The number of hydrogen-bond acceptors (Lipinski definition) is 5. The van der Waals surface area contributed by atoms with E-state index in [9.17, 15) is 8.42 Å². The fourth-order valence-electron chi connectivity index (χ4n) is 2.06. The third-order valence-corrected chi connectivity index (χ3v) is 5.90. The minimum Gasteiger partial charge on any atom is -0.450 e. The zero-order valence-corrected chi connectivity index (χ0v) is 12.9. The van der Waals surface area contributed by atoms with Gasteiger partial charge in [-0.05, 0) is 22.4 Å². The van der Waals surface area contributed by atoms with Crippen LogP contribution in [-0.4, -0.2) is 43.6 Å². The molecule has 8 heteroatoms. The highest BCUT2D eigenvalue weighted by atomic mass is 79.9. The number of aliphatic hydroxyl groups excluding tert-OH is 1. The summed E-state index contributed by atoms with van der Waals surface area (Å²) in [6, 6.07) is 1.18. The molecule has 0 spiro atoms. The van der Waals surface area contributed by atoms with E-state index in [1.165, 1.54) is 10.4 Å². The summed E-state index contributed by atoms with van der Waals surface area (Å²) in [5, 5.41) is 9.01. The largest absolute Gasteiger partial charge is 0.450 e. The van der Waals surface area contributed by atoms with E-state index in [1.54, 1.807) is 0 Å². The maximum Gasteiger partial charge on any atom is 0.247 e. The van der Waals surface area contributed by atoms with Gasteiger partial charge in [-0.1, -0.05) is 6.92 Å². The second-order valence-corrected chi connectivity index (χ2v) is 6.84. The van der Waals surface area contributed by atoms with E-state index < -0.39 is 10.0 Å². The molecule has 0 aliphatic carbocycles. The molecular formula is C11H16BrNO5S. The second kappa shape index (κ2) is 5.92. The number of furan rings is 1. The monoisotopic (exact) mass is 353 g/mol. The van der Waals surface area contributed by atoms with Crippen LogP contribution in [0.5, 0.6) is 0 Å². The summed E-state index contributed by atoms with van der Waals surface area (Å²) in [7, 11) is -3.64. The molecule has 1 aromatic rings. The zero-order chi connectivity index (χ0) is 14.0. The maximum absolute atomic E-state index is 12.6. The van der Waals surface area contributed by atoms with Crippen molar-refractivity contribution >= 4 is 26.0 Å². The van der Waals surface area contributed by atoms with Crippen molar-refractivity contribution in [1.82, 2.24) is 4.31 Å². The molecule has 0 amide bonds. The Morgan fingerprint density at radius 1 is 1.58 bits per heavy atom. The first-order valence-corrected chi connectivity index (χ1v) is 8.22. The molecule has 0 saturated carbocycles. The second-order valence-electron chi connectivity index (χ2n) is 4.26. The van der Waals surface area contributed by atoms with E-state index in [4.69, 9.17) is 14.3 Å². The molecule has 1 saturated heterocycles. The molecule has 1 fully saturated rings. The lowest BCUT2D eigenvalue weighted by Gasteiger charge is -2.33. The van der Waals surface area contributed by atoms with Crippen molar-refractivity contribution in [2.45, 2.75) is 30.9 Å². The van der Waals surface area contributed by atoms with Gasteiger partial charge in [0.1, 0.15) is 17.3 Å². The van der Waals surface area contributed by atoms with Gasteiger partial charge in [0.2, 0.25) is 10.0 Å². The average Bonchev–Trinajstić information content (AvgIpc) is 2.80. The Balaban J connectivity index is 2.37. The van der Waals surface area contributed by atoms with Crippen molar-refractivity contribution in [2.75, 3.05) is 19.8 Å². The van der Waals surface area contributed by atoms with Gasteiger partial charge in [0, 0.05) is 18.7 Å². The average molecular weight is 354 g/mol. The molecule has 19 heavy (non-hydrogen) atoms. The number of halogens is 1. The van der Waals surface area contributed by atoms with Gasteiger partial charge in [0.15, 0.2) is 4.67 Å². The minimum atomic E-state index is -3.64. The molecule has 1 unspecified atom stereocenters. The third kappa shape index (κ3) is 2.87. The van der Waals surface area contributed by atoms with Crippen LogP contribution in [-0.2, 0) is 21.4 Å². The number of ether oxygens (including phenoxy) is 1. The number of sulfonamides is 1. The molecule has 1 aliphatic heterocycles. The molecule has 6 nitrogen and oxygen atoms in total. The van der Waals surface area contributed by atoms with E-state index in [0.717, 1.165) is 0 Å². The smallest absolute Gasteiger partial charge is 0.247 e. The lowest BCUT2D eigenvalue weighted by molar-refractivity contribution is 0.0314. The molecule has 108 valence electrons. The van der Waals surface area contributed by atoms with Gasteiger partial charge in [-0.2, -0.15) is 4.31 Å². The van der Waals surface area contributed by atoms with Gasteiger partial charge in [-0.25, -0.2) is 8.42 Å². The quantitative estimate of drug-likeness (QED) is 0.883. The SMILES string of the molecule is CCC1COCCN1S(=O)(=O)c1cc(CO)oc1Br. The fourth-order valence-corrected chi connectivity index (χ4v) is 4.69. The van der Waals surface area contributed by atoms with Crippen LogP contribution in [0.15, 0.2) is 20.0 Å². The van der Waals surface area contributed by atoms with E-state index in [0.29, 0.717) is 26.2 Å². The molecule has 1 aliphatic rings. The highest BCUT2D eigenvalue weighted by Crippen LogP contribution is 2.30. The molecule has 1 aromatic heterocycles. The summed E-state index contributed by atoms with van der Waals surface area (Å²) in [6.07, 6.45) is 0.682. The number of rotatable bonds is 4. The molecule has 0 bridgehead atoms. The molecule has 1 atom stereocenters. The molecule has 1 N–H and O–H groups in total. The van der Waals surface area contributed by atoms with Gasteiger partial charge in [-0.3, -0.25) is 0 Å². The Kier molecular flexibility index (Phi) is 4.67. The van der Waals surface area contributed by atoms with Crippen LogP contribution < -0.4 is 0 Å². The lowest BCUT2D eigenvalue weighted by Crippen LogP contribution is -2.48. The number of nitrogens with zero attached hydrogens (tertiary/aromatic N) is 1. The number of hydrogen-bond donors (Lipinski definition) is 1. The number of aliphatic hydroxyl groups is 1. The zero-order valence-electron chi connectivity index (χ0n) is 10.5. The van der Waals surface area contributed by atoms with E-state index in [1.807, 2.05) is 6.92 Å². The van der Waals surface area contributed by atoms with Crippen molar-refractivity contribution in [3.63, 3.8) is 0 Å². The Hall–Kier alpha value is -0.410. The Morgan fingerprint density at radius 3 is 2.89 bits per heavy atom. The molecule has 0 radical (unpaired) electrons. The van der Waals surface area contributed by atoms with Gasteiger partial charge < -0.3 is 14.3 Å².